The first-order chi connectivity index (χ1) is 13.6. The van der Waals surface area contributed by atoms with Gasteiger partial charge >= 0.3 is 0 Å². The number of likely N-dealkylation sites (tertiary alicyclic amines) is 1. The van der Waals surface area contributed by atoms with Crippen LogP contribution in [0.4, 0.5) is 5.82 Å². The zero-order valence-electron chi connectivity index (χ0n) is 17.0. The van der Waals surface area contributed by atoms with E-state index in [9.17, 15) is 10.1 Å². The molecule has 0 spiro atoms. The SMILES string of the molecule is COCCNC(=O)[C@H]1CCCN(C2CCN(c3nc(C)ccc3C#N)CC2)C1. The first kappa shape index (κ1) is 20.6. The van der Waals surface area contributed by atoms with Crippen molar-refractivity contribution in [3.63, 3.8) is 0 Å². The van der Waals surface area contributed by atoms with Gasteiger partial charge in [-0.25, -0.2) is 4.98 Å². The fraction of sp³-hybridized carbons (Fsp3) is 0.667. The maximum atomic E-state index is 12.4. The van der Waals surface area contributed by atoms with Crippen LogP contribution in [-0.2, 0) is 9.53 Å². The highest BCUT2D eigenvalue weighted by atomic mass is 16.5. The zero-order chi connectivity index (χ0) is 19.9. The van der Waals surface area contributed by atoms with E-state index in [1.165, 1.54) is 0 Å². The Labute approximate surface area is 167 Å². The van der Waals surface area contributed by atoms with E-state index in [0.29, 0.717) is 24.8 Å². The highest BCUT2D eigenvalue weighted by Crippen LogP contribution is 2.27. The van der Waals surface area contributed by atoms with Gasteiger partial charge in [-0.05, 0) is 51.3 Å². The topological polar surface area (TPSA) is 81.5 Å². The summed E-state index contributed by atoms with van der Waals surface area (Å²) >= 11 is 0. The molecule has 0 bridgehead atoms. The molecule has 0 aromatic carbocycles. The van der Waals surface area contributed by atoms with Crippen molar-refractivity contribution in [2.75, 3.05) is 51.3 Å². The zero-order valence-corrected chi connectivity index (χ0v) is 17.0. The number of aryl methyl sites for hydroxylation is 1. The van der Waals surface area contributed by atoms with Gasteiger partial charge in [-0.2, -0.15) is 5.26 Å². The molecule has 2 aliphatic rings. The van der Waals surface area contributed by atoms with E-state index in [1.54, 1.807) is 7.11 Å². The van der Waals surface area contributed by atoms with Crippen molar-refractivity contribution in [3.05, 3.63) is 23.4 Å². The lowest BCUT2D eigenvalue weighted by Crippen LogP contribution is -2.51. The van der Waals surface area contributed by atoms with Gasteiger partial charge < -0.3 is 15.0 Å². The third kappa shape index (κ3) is 5.00. The van der Waals surface area contributed by atoms with Gasteiger partial charge in [0.1, 0.15) is 11.9 Å². The molecule has 1 aromatic rings. The molecule has 1 amide bonds. The molecule has 0 saturated carbocycles. The van der Waals surface area contributed by atoms with Crippen molar-refractivity contribution >= 4 is 11.7 Å². The van der Waals surface area contributed by atoms with Crippen molar-refractivity contribution in [1.29, 1.82) is 5.26 Å². The van der Waals surface area contributed by atoms with Gasteiger partial charge in [-0.3, -0.25) is 9.69 Å². The predicted octanol–water partition coefficient (Wildman–Crippen LogP) is 1.71. The van der Waals surface area contributed by atoms with Crippen LogP contribution >= 0.6 is 0 Å². The van der Waals surface area contributed by atoms with Crippen LogP contribution in [0.2, 0.25) is 0 Å². The average molecular weight is 386 g/mol. The van der Waals surface area contributed by atoms with Crippen molar-refractivity contribution in [1.82, 2.24) is 15.2 Å². The molecule has 0 unspecified atom stereocenters. The molecule has 2 aliphatic heterocycles. The summed E-state index contributed by atoms with van der Waals surface area (Å²) in [5.41, 5.74) is 1.59. The standard InChI is InChI=1S/C21H31N5O2/c1-16-5-6-17(14-22)20(24-16)25-11-7-19(8-12-25)26-10-3-4-18(15-26)21(27)23-9-13-28-2/h5-6,18-19H,3-4,7-13,15H2,1-2H3,(H,23,27)/t18-/m0/s1. The fourth-order valence-electron chi connectivity index (χ4n) is 4.29. The Morgan fingerprint density at radius 2 is 2.11 bits per heavy atom. The van der Waals surface area contributed by atoms with Gasteiger partial charge in [-0.15, -0.1) is 0 Å². The second-order valence-electron chi connectivity index (χ2n) is 7.77. The first-order valence-electron chi connectivity index (χ1n) is 10.3. The van der Waals surface area contributed by atoms with E-state index in [0.717, 1.165) is 63.4 Å². The van der Waals surface area contributed by atoms with Crippen LogP contribution in [0.25, 0.3) is 0 Å². The van der Waals surface area contributed by atoms with Crippen molar-refractivity contribution in [2.24, 2.45) is 5.92 Å². The summed E-state index contributed by atoms with van der Waals surface area (Å²) in [6, 6.07) is 6.52. The highest BCUT2D eigenvalue weighted by molar-refractivity contribution is 5.78. The molecule has 7 heteroatoms. The first-order valence-corrected chi connectivity index (χ1v) is 10.3. The molecule has 2 saturated heterocycles. The quantitative estimate of drug-likeness (QED) is 0.751. The summed E-state index contributed by atoms with van der Waals surface area (Å²) in [6.07, 6.45) is 4.12. The largest absolute Gasteiger partial charge is 0.383 e. The summed E-state index contributed by atoms with van der Waals surface area (Å²) in [5.74, 6) is 1.05. The summed E-state index contributed by atoms with van der Waals surface area (Å²) in [7, 11) is 1.65. The maximum absolute atomic E-state index is 12.4. The number of ether oxygens (including phenoxy) is 1. The smallest absolute Gasteiger partial charge is 0.224 e. The van der Waals surface area contributed by atoms with E-state index in [1.807, 2.05) is 19.1 Å². The summed E-state index contributed by atoms with van der Waals surface area (Å²) in [4.78, 5) is 21.7. The number of nitrogens with zero attached hydrogens (tertiary/aromatic N) is 4. The van der Waals surface area contributed by atoms with Crippen LogP contribution in [0.3, 0.4) is 0 Å². The number of hydrogen-bond acceptors (Lipinski definition) is 6. The molecule has 2 fully saturated rings. The number of amides is 1. The van der Waals surface area contributed by atoms with Crippen LogP contribution in [0.1, 0.15) is 36.9 Å². The lowest BCUT2D eigenvalue weighted by Gasteiger charge is -2.42. The second-order valence-corrected chi connectivity index (χ2v) is 7.77. The lowest BCUT2D eigenvalue weighted by atomic mass is 9.93. The maximum Gasteiger partial charge on any atom is 0.224 e. The van der Waals surface area contributed by atoms with Gasteiger partial charge in [0.25, 0.3) is 0 Å². The Balaban J connectivity index is 1.54. The number of aromatic nitrogens is 1. The molecule has 1 atom stereocenters. The molecule has 0 aliphatic carbocycles. The van der Waals surface area contributed by atoms with Gasteiger partial charge in [0.05, 0.1) is 18.1 Å². The van der Waals surface area contributed by atoms with Crippen molar-refractivity contribution in [3.8, 4) is 6.07 Å². The van der Waals surface area contributed by atoms with Gasteiger partial charge in [0.2, 0.25) is 5.91 Å². The Morgan fingerprint density at radius 3 is 2.82 bits per heavy atom. The fourth-order valence-corrected chi connectivity index (χ4v) is 4.29. The Morgan fingerprint density at radius 1 is 1.32 bits per heavy atom. The molecular weight excluding hydrogens is 354 g/mol. The minimum absolute atomic E-state index is 0.0762. The normalized spacial score (nSPS) is 21.3. The van der Waals surface area contributed by atoms with Crippen molar-refractivity contribution < 1.29 is 9.53 Å². The van der Waals surface area contributed by atoms with Crippen LogP contribution in [0.15, 0.2) is 12.1 Å². The lowest BCUT2D eigenvalue weighted by molar-refractivity contribution is -0.127. The molecule has 7 nitrogen and oxygen atoms in total. The Kier molecular flexibility index (Phi) is 7.24. The number of nitriles is 1. The number of carbonyl (C=O) groups excluding carboxylic acids is 1. The van der Waals surface area contributed by atoms with Crippen LogP contribution in [0.5, 0.6) is 0 Å². The molecule has 152 valence electrons. The Hall–Kier alpha value is -2.17. The molecule has 28 heavy (non-hydrogen) atoms. The van der Waals surface area contributed by atoms with Gasteiger partial charge in [-0.1, -0.05) is 0 Å². The van der Waals surface area contributed by atoms with E-state index in [4.69, 9.17) is 4.74 Å². The molecule has 3 heterocycles. The van der Waals surface area contributed by atoms with E-state index < -0.39 is 0 Å². The third-order valence-electron chi connectivity index (χ3n) is 5.84. The van der Waals surface area contributed by atoms with Crippen LogP contribution in [-0.4, -0.2) is 68.3 Å². The number of methoxy groups -OCH3 is 1. The third-order valence-corrected chi connectivity index (χ3v) is 5.84. The molecule has 1 N–H and O–H groups in total. The molecular formula is C21H31N5O2. The Bertz CT molecular complexity index is 709. The molecule has 0 radical (unpaired) electrons. The molecule has 3 rings (SSSR count). The van der Waals surface area contributed by atoms with Gasteiger partial charge in [0, 0.05) is 45.0 Å². The van der Waals surface area contributed by atoms with Gasteiger partial charge in [0.15, 0.2) is 0 Å². The summed E-state index contributed by atoms with van der Waals surface area (Å²) < 4.78 is 5.01. The van der Waals surface area contributed by atoms with Crippen LogP contribution in [0, 0.1) is 24.2 Å². The number of hydrogen-bond donors (Lipinski definition) is 1. The second kappa shape index (κ2) is 9.85. The average Bonchev–Trinajstić information content (AvgIpc) is 2.74. The number of nitrogens with one attached hydrogen (secondary N) is 1. The number of anilines is 1. The monoisotopic (exact) mass is 385 g/mol. The number of piperidine rings is 2. The van der Waals surface area contributed by atoms with Crippen molar-refractivity contribution in [2.45, 2.75) is 38.6 Å². The minimum atomic E-state index is 0.0762. The number of rotatable bonds is 6. The number of carbonyl (C=O) groups is 1. The summed E-state index contributed by atoms with van der Waals surface area (Å²) in [6.45, 7) is 6.80. The number of pyridine rings is 1. The van der Waals surface area contributed by atoms with E-state index >= 15 is 0 Å². The van der Waals surface area contributed by atoms with E-state index in [2.05, 4.69) is 26.2 Å². The highest BCUT2D eigenvalue weighted by Gasteiger charge is 2.32. The summed E-state index contributed by atoms with van der Waals surface area (Å²) in [5, 5.41) is 12.4. The predicted molar refractivity (Wildman–Crippen MR) is 108 cm³/mol. The van der Waals surface area contributed by atoms with Crippen LogP contribution < -0.4 is 10.2 Å². The molecule has 1 aromatic heterocycles. The minimum Gasteiger partial charge on any atom is -0.383 e. The van der Waals surface area contributed by atoms with E-state index in [-0.39, 0.29) is 11.8 Å².